The first-order chi connectivity index (χ1) is 15.8. The molecule has 0 aliphatic rings. The van der Waals surface area contributed by atoms with Gasteiger partial charge in [-0.25, -0.2) is 0 Å². The molecule has 6 aromatic rings. The minimum Gasteiger partial charge on any atom is -0.456 e. The van der Waals surface area contributed by atoms with E-state index in [9.17, 15) is 5.26 Å². The zero-order chi connectivity index (χ0) is 22.1. The van der Waals surface area contributed by atoms with Gasteiger partial charge in [0.1, 0.15) is 17.2 Å². The van der Waals surface area contributed by atoms with E-state index in [1.54, 1.807) is 0 Å². The van der Waals surface area contributed by atoms with Crippen LogP contribution in [-0.4, -0.2) is 4.57 Å². The molecule has 3 heteroatoms. The predicted molar refractivity (Wildman–Crippen MR) is 133 cm³/mol. The van der Waals surface area contributed by atoms with E-state index < -0.39 is 0 Å². The number of nitrogens with zero attached hydrogens (tertiary/aromatic N) is 2. The molecule has 3 nitrogen and oxygen atoms in total. The summed E-state index contributed by atoms with van der Waals surface area (Å²) in [5, 5.41) is 14.2. The number of aromatic nitrogens is 1. The summed E-state index contributed by atoms with van der Waals surface area (Å²) in [4.78, 5) is 0. The Morgan fingerprint density at radius 2 is 1.38 bits per heavy atom. The molecule has 0 aliphatic carbocycles. The third kappa shape index (κ3) is 2.97. The second kappa shape index (κ2) is 8.09. The molecule has 4 aromatic carbocycles. The van der Waals surface area contributed by atoms with Crippen LogP contribution in [0.5, 0.6) is 0 Å². The maximum absolute atomic E-state index is 9.66. The molecule has 0 spiro atoms. The largest absolute Gasteiger partial charge is 0.456 e. The first kappa shape index (κ1) is 19.7. The molecule has 0 amide bonds. The topological polar surface area (TPSA) is 41.9 Å². The number of allylic oxidation sites excluding steroid dienone is 2. The van der Waals surface area contributed by atoms with Gasteiger partial charge in [0.2, 0.25) is 0 Å². The fraction of sp³-hybridized carbons (Fsp3) is 0.0690. The van der Waals surface area contributed by atoms with Crippen LogP contribution in [0.1, 0.15) is 19.4 Å². The highest BCUT2D eigenvalue weighted by Crippen LogP contribution is 2.41. The van der Waals surface area contributed by atoms with Gasteiger partial charge in [0.25, 0.3) is 0 Å². The molecule has 0 fully saturated rings. The van der Waals surface area contributed by atoms with Gasteiger partial charge in [-0.15, -0.1) is 0 Å². The van der Waals surface area contributed by atoms with Crippen molar-refractivity contribution in [1.82, 2.24) is 4.57 Å². The predicted octanol–water partition coefficient (Wildman–Crippen LogP) is 8.14. The summed E-state index contributed by atoms with van der Waals surface area (Å²) < 4.78 is 8.29. The van der Waals surface area contributed by atoms with E-state index in [0.29, 0.717) is 5.56 Å². The number of benzene rings is 4. The first-order valence-electron chi connectivity index (χ1n) is 10.7. The summed E-state index contributed by atoms with van der Waals surface area (Å²) in [6, 6.07) is 30.7. The zero-order valence-corrected chi connectivity index (χ0v) is 18.0. The maximum atomic E-state index is 9.66. The van der Waals surface area contributed by atoms with Crippen molar-refractivity contribution in [3.8, 4) is 11.8 Å². The molecule has 0 saturated heterocycles. The van der Waals surface area contributed by atoms with Crippen molar-refractivity contribution < 1.29 is 4.42 Å². The monoisotopic (exact) mass is 414 g/mol. The van der Waals surface area contributed by atoms with E-state index in [0.717, 1.165) is 49.4 Å². The molecule has 32 heavy (non-hydrogen) atoms. The van der Waals surface area contributed by atoms with Crippen molar-refractivity contribution in [2.45, 2.75) is 13.8 Å². The molecule has 6 rings (SSSR count). The van der Waals surface area contributed by atoms with Crippen LogP contribution >= 0.6 is 0 Å². The minimum atomic E-state index is 0.655. The van der Waals surface area contributed by atoms with Crippen LogP contribution in [0.3, 0.4) is 0 Å². The SMILES string of the molecule is C/C=C\C.N#Cc1ccccc1-n1c2ccccc2c2c3c(ccc21)oc1ccccc13. The van der Waals surface area contributed by atoms with Crippen LogP contribution < -0.4 is 0 Å². The highest BCUT2D eigenvalue weighted by molar-refractivity contribution is 6.27. The summed E-state index contributed by atoms with van der Waals surface area (Å²) >= 11 is 0. The molecular weight excluding hydrogens is 392 g/mol. The Labute approximate surface area is 186 Å². The zero-order valence-electron chi connectivity index (χ0n) is 18.0. The van der Waals surface area contributed by atoms with Gasteiger partial charge in [-0.3, -0.25) is 0 Å². The second-order valence-corrected chi connectivity index (χ2v) is 7.58. The van der Waals surface area contributed by atoms with Gasteiger partial charge >= 0.3 is 0 Å². The summed E-state index contributed by atoms with van der Waals surface area (Å²) in [5.41, 5.74) is 5.47. The Bertz CT molecular complexity index is 1650. The van der Waals surface area contributed by atoms with E-state index in [4.69, 9.17) is 4.42 Å². The van der Waals surface area contributed by atoms with Gasteiger partial charge in [0.15, 0.2) is 0 Å². The highest BCUT2D eigenvalue weighted by Gasteiger charge is 2.19. The standard InChI is InChI=1S/C25H14N2O.C4H8/c26-15-16-7-1-4-10-19(16)27-20-11-5-2-8-17(20)24-21(27)13-14-23-25(24)18-9-3-6-12-22(18)28-23;1-3-4-2/h1-14H;3-4H,1-2H3/b;4-3-. The van der Waals surface area contributed by atoms with Gasteiger partial charge in [-0.2, -0.15) is 5.26 Å². The van der Waals surface area contributed by atoms with Crippen molar-refractivity contribution in [3.63, 3.8) is 0 Å². The Balaban J connectivity index is 0.000000501. The Morgan fingerprint density at radius 3 is 2.16 bits per heavy atom. The maximum Gasteiger partial charge on any atom is 0.136 e. The summed E-state index contributed by atoms with van der Waals surface area (Å²) in [6.45, 7) is 4.00. The van der Waals surface area contributed by atoms with Crippen LogP contribution in [0.4, 0.5) is 0 Å². The number of rotatable bonds is 1. The highest BCUT2D eigenvalue weighted by atomic mass is 16.3. The number of fused-ring (bicyclic) bond motifs is 7. The average molecular weight is 415 g/mol. The fourth-order valence-corrected chi connectivity index (χ4v) is 4.30. The molecule has 154 valence electrons. The Kier molecular flexibility index (Phi) is 4.97. The van der Waals surface area contributed by atoms with Crippen LogP contribution in [0.2, 0.25) is 0 Å². The van der Waals surface area contributed by atoms with Gasteiger partial charge in [0, 0.05) is 21.5 Å². The lowest BCUT2D eigenvalue weighted by atomic mass is 10.1. The lowest BCUT2D eigenvalue weighted by molar-refractivity contribution is 0.669. The van der Waals surface area contributed by atoms with E-state index >= 15 is 0 Å². The molecule has 0 N–H and O–H groups in total. The number of hydrogen-bond donors (Lipinski definition) is 0. The van der Waals surface area contributed by atoms with Crippen molar-refractivity contribution in [3.05, 3.63) is 103 Å². The van der Waals surface area contributed by atoms with Crippen LogP contribution in [0.15, 0.2) is 101 Å². The van der Waals surface area contributed by atoms with E-state index in [2.05, 4.69) is 41.0 Å². The molecule has 0 aliphatic heterocycles. The van der Waals surface area contributed by atoms with Crippen LogP contribution in [0, 0.1) is 11.3 Å². The van der Waals surface area contributed by atoms with Gasteiger partial charge < -0.3 is 8.98 Å². The van der Waals surface area contributed by atoms with E-state index in [1.165, 1.54) is 0 Å². The number of para-hydroxylation sites is 3. The van der Waals surface area contributed by atoms with Crippen LogP contribution in [-0.2, 0) is 0 Å². The van der Waals surface area contributed by atoms with Crippen molar-refractivity contribution in [2.75, 3.05) is 0 Å². The fourth-order valence-electron chi connectivity index (χ4n) is 4.30. The third-order valence-electron chi connectivity index (χ3n) is 5.78. The van der Waals surface area contributed by atoms with E-state index in [-0.39, 0.29) is 0 Å². The van der Waals surface area contributed by atoms with E-state index in [1.807, 2.05) is 80.6 Å². The van der Waals surface area contributed by atoms with Gasteiger partial charge in [-0.1, -0.05) is 60.7 Å². The molecular formula is C29H22N2O. The minimum absolute atomic E-state index is 0.655. The molecule has 0 bridgehead atoms. The molecule has 0 saturated carbocycles. The number of furan rings is 1. The Hall–Kier alpha value is -4.29. The van der Waals surface area contributed by atoms with Gasteiger partial charge in [-0.05, 0) is 50.2 Å². The van der Waals surface area contributed by atoms with Crippen LogP contribution in [0.25, 0.3) is 49.4 Å². The number of hydrogen-bond acceptors (Lipinski definition) is 2. The van der Waals surface area contributed by atoms with Crippen molar-refractivity contribution in [1.29, 1.82) is 5.26 Å². The van der Waals surface area contributed by atoms with Crippen molar-refractivity contribution in [2.24, 2.45) is 0 Å². The Morgan fingerprint density at radius 1 is 0.688 bits per heavy atom. The number of nitriles is 1. The molecule has 0 radical (unpaired) electrons. The van der Waals surface area contributed by atoms with Gasteiger partial charge in [0.05, 0.1) is 22.3 Å². The molecule has 2 heterocycles. The second-order valence-electron chi connectivity index (χ2n) is 7.58. The lowest BCUT2D eigenvalue weighted by Crippen LogP contribution is -1.96. The normalized spacial score (nSPS) is 11.3. The summed E-state index contributed by atoms with van der Waals surface area (Å²) in [6.07, 6.45) is 4.00. The summed E-state index contributed by atoms with van der Waals surface area (Å²) in [5.74, 6) is 0. The lowest BCUT2D eigenvalue weighted by Gasteiger charge is -2.09. The molecule has 0 atom stereocenters. The summed E-state index contributed by atoms with van der Waals surface area (Å²) in [7, 11) is 0. The smallest absolute Gasteiger partial charge is 0.136 e. The molecule has 2 aromatic heterocycles. The average Bonchev–Trinajstić information content (AvgIpc) is 3.39. The third-order valence-corrected chi connectivity index (χ3v) is 5.78. The molecule has 0 unspecified atom stereocenters. The quantitative estimate of drug-likeness (QED) is 0.255. The van der Waals surface area contributed by atoms with Crippen molar-refractivity contribution >= 4 is 43.7 Å². The first-order valence-corrected chi connectivity index (χ1v) is 10.7.